The highest BCUT2D eigenvalue weighted by molar-refractivity contribution is 5.39. The number of hydrogen-bond donors (Lipinski definition) is 1. The van der Waals surface area contributed by atoms with Gasteiger partial charge in [0.05, 0.1) is 6.61 Å². The van der Waals surface area contributed by atoms with Gasteiger partial charge < -0.3 is 15.0 Å². The van der Waals surface area contributed by atoms with E-state index < -0.39 is 0 Å². The Kier molecular flexibility index (Phi) is 4.81. The molecule has 1 saturated carbocycles. The van der Waals surface area contributed by atoms with Gasteiger partial charge in [-0.15, -0.1) is 0 Å². The van der Waals surface area contributed by atoms with Crippen molar-refractivity contribution in [1.29, 1.82) is 0 Å². The van der Waals surface area contributed by atoms with Gasteiger partial charge in [-0.3, -0.25) is 0 Å². The van der Waals surface area contributed by atoms with E-state index in [4.69, 9.17) is 4.74 Å². The molecule has 1 heterocycles. The molecule has 1 aliphatic carbocycles. The number of nitrogens with zero attached hydrogens (tertiary/aromatic N) is 3. The molecule has 0 amide bonds. The third-order valence-corrected chi connectivity index (χ3v) is 4.19. The van der Waals surface area contributed by atoms with Gasteiger partial charge >= 0.3 is 0 Å². The molecule has 0 radical (unpaired) electrons. The fourth-order valence-electron chi connectivity index (χ4n) is 2.92. The molecule has 0 spiro atoms. The van der Waals surface area contributed by atoms with Crippen molar-refractivity contribution in [2.24, 2.45) is 0 Å². The number of aromatic nitrogens is 2. The standard InChI is InChI=1S/C15H26N4O/c1-5-20-14-10-13(17-12(2)18-14)16-11-15(19(3)4)8-6-7-9-15/h10H,5-9,11H2,1-4H3,(H,16,17,18). The fourth-order valence-corrected chi connectivity index (χ4v) is 2.92. The topological polar surface area (TPSA) is 50.3 Å². The van der Waals surface area contributed by atoms with Gasteiger partial charge in [0.1, 0.15) is 11.6 Å². The van der Waals surface area contributed by atoms with Crippen LogP contribution in [-0.2, 0) is 0 Å². The van der Waals surface area contributed by atoms with Crippen molar-refractivity contribution < 1.29 is 4.74 Å². The van der Waals surface area contributed by atoms with Crippen LogP contribution in [0.2, 0.25) is 0 Å². The molecule has 1 aliphatic rings. The van der Waals surface area contributed by atoms with Gasteiger partial charge in [0.15, 0.2) is 0 Å². The number of likely N-dealkylation sites (N-methyl/N-ethyl adjacent to an activating group) is 1. The lowest BCUT2D eigenvalue weighted by Gasteiger charge is -2.36. The molecule has 0 saturated heterocycles. The van der Waals surface area contributed by atoms with Crippen molar-refractivity contribution in [2.75, 3.05) is 32.6 Å². The number of aryl methyl sites for hydroxylation is 1. The molecule has 0 unspecified atom stereocenters. The minimum absolute atomic E-state index is 0.255. The molecule has 0 aromatic carbocycles. The maximum Gasteiger partial charge on any atom is 0.218 e. The Labute approximate surface area is 121 Å². The number of anilines is 1. The highest BCUT2D eigenvalue weighted by Crippen LogP contribution is 2.33. The van der Waals surface area contributed by atoms with Gasteiger partial charge in [-0.1, -0.05) is 12.8 Å². The number of hydrogen-bond acceptors (Lipinski definition) is 5. The van der Waals surface area contributed by atoms with Gasteiger partial charge in [0, 0.05) is 18.2 Å². The van der Waals surface area contributed by atoms with Crippen molar-refractivity contribution in [2.45, 2.75) is 45.1 Å². The molecular formula is C15H26N4O. The summed E-state index contributed by atoms with van der Waals surface area (Å²) in [5, 5.41) is 3.48. The molecule has 1 aromatic rings. The first-order valence-electron chi connectivity index (χ1n) is 7.45. The van der Waals surface area contributed by atoms with E-state index in [-0.39, 0.29) is 5.54 Å². The van der Waals surface area contributed by atoms with E-state index >= 15 is 0 Å². The lowest BCUT2D eigenvalue weighted by molar-refractivity contribution is 0.172. The monoisotopic (exact) mass is 278 g/mol. The zero-order valence-corrected chi connectivity index (χ0v) is 13.1. The van der Waals surface area contributed by atoms with Crippen LogP contribution in [0, 0.1) is 6.92 Å². The van der Waals surface area contributed by atoms with Crippen LogP contribution in [0.15, 0.2) is 6.07 Å². The van der Waals surface area contributed by atoms with E-state index in [2.05, 4.69) is 34.3 Å². The second-order valence-corrected chi connectivity index (χ2v) is 5.75. The maximum atomic E-state index is 5.47. The summed E-state index contributed by atoms with van der Waals surface area (Å²) in [5.41, 5.74) is 0.255. The van der Waals surface area contributed by atoms with Crippen LogP contribution >= 0.6 is 0 Å². The minimum atomic E-state index is 0.255. The largest absolute Gasteiger partial charge is 0.478 e. The third-order valence-electron chi connectivity index (χ3n) is 4.19. The SMILES string of the molecule is CCOc1cc(NCC2(N(C)C)CCCC2)nc(C)n1. The van der Waals surface area contributed by atoms with Crippen molar-refractivity contribution in [3.63, 3.8) is 0 Å². The Balaban J connectivity index is 2.06. The highest BCUT2D eigenvalue weighted by Gasteiger charge is 2.35. The van der Waals surface area contributed by atoms with Gasteiger partial charge in [-0.25, -0.2) is 4.98 Å². The molecule has 20 heavy (non-hydrogen) atoms. The first-order chi connectivity index (χ1) is 9.55. The van der Waals surface area contributed by atoms with E-state index in [0.717, 1.165) is 18.2 Å². The van der Waals surface area contributed by atoms with Crippen LogP contribution in [0.3, 0.4) is 0 Å². The van der Waals surface area contributed by atoms with Crippen LogP contribution in [0.25, 0.3) is 0 Å². The predicted molar refractivity (Wildman–Crippen MR) is 81.3 cm³/mol. The quantitative estimate of drug-likeness (QED) is 0.866. The molecule has 1 fully saturated rings. The summed E-state index contributed by atoms with van der Waals surface area (Å²) < 4.78 is 5.47. The molecule has 1 N–H and O–H groups in total. The zero-order chi connectivity index (χ0) is 14.6. The molecular weight excluding hydrogens is 252 g/mol. The summed E-state index contributed by atoms with van der Waals surface area (Å²) in [6.07, 6.45) is 5.12. The number of rotatable bonds is 6. The fraction of sp³-hybridized carbons (Fsp3) is 0.733. The molecule has 5 nitrogen and oxygen atoms in total. The minimum Gasteiger partial charge on any atom is -0.478 e. The number of nitrogens with one attached hydrogen (secondary N) is 1. The van der Waals surface area contributed by atoms with Crippen LogP contribution in [0.1, 0.15) is 38.4 Å². The summed E-state index contributed by atoms with van der Waals surface area (Å²) in [4.78, 5) is 11.1. The van der Waals surface area contributed by atoms with Gasteiger partial charge in [0.2, 0.25) is 5.88 Å². The molecule has 0 atom stereocenters. The van der Waals surface area contributed by atoms with Crippen LogP contribution in [0.4, 0.5) is 5.82 Å². The van der Waals surface area contributed by atoms with Crippen molar-refractivity contribution in [3.05, 3.63) is 11.9 Å². The van der Waals surface area contributed by atoms with Crippen LogP contribution in [0.5, 0.6) is 5.88 Å². The molecule has 0 aliphatic heterocycles. The van der Waals surface area contributed by atoms with E-state index in [1.807, 2.05) is 19.9 Å². The van der Waals surface area contributed by atoms with Crippen LogP contribution < -0.4 is 10.1 Å². The molecule has 1 aromatic heterocycles. The number of ether oxygens (including phenoxy) is 1. The highest BCUT2D eigenvalue weighted by atomic mass is 16.5. The first-order valence-corrected chi connectivity index (χ1v) is 7.45. The average Bonchev–Trinajstić information content (AvgIpc) is 2.86. The van der Waals surface area contributed by atoms with Gasteiger partial charge in [-0.2, -0.15) is 4.98 Å². The summed E-state index contributed by atoms with van der Waals surface area (Å²) in [5.74, 6) is 2.24. The Morgan fingerprint density at radius 1 is 1.30 bits per heavy atom. The lowest BCUT2D eigenvalue weighted by Crippen LogP contribution is -2.47. The third kappa shape index (κ3) is 3.39. The summed E-state index contributed by atoms with van der Waals surface area (Å²) in [6, 6.07) is 1.88. The Morgan fingerprint density at radius 2 is 2.00 bits per heavy atom. The predicted octanol–water partition coefficient (Wildman–Crippen LogP) is 2.47. The molecule has 112 valence electrons. The van der Waals surface area contributed by atoms with Crippen molar-refractivity contribution in [3.8, 4) is 5.88 Å². The zero-order valence-electron chi connectivity index (χ0n) is 13.1. The van der Waals surface area contributed by atoms with Crippen molar-refractivity contribution in [1.82, 2.24) is 14.9 Å². The van der Waals surface area contributed by atoms with E-state index in [1.54, 1.807) is 0 Å². The van der Waals surface area contributed by atoms with Gasteiger partial charge in [-0.05, 0) is 40.8 Å². The smallest absolute Gasteiger partial charge is 0.218 e. The molecule has 5 heteroatoms. The second kappa shape index (κ2) is 6.39. The van der Waals surface area contributed by atoms with E-state index in [0.29, 0.717) is 12.5 Å². The Hall–Kier alpha value is -1.36. The Bertz CT molecular complexity index is 441. The van der Waals surface area contributed by atoms with Crippen LogP contribution in [-0.4, -0.2) is 47.7 Å². The maximum absolute atomic E-state index is 5.47. The van der Waals surface area contributed by atoms with E-state index in [1.165, 1.54) is 25.7 Å². The molecule has 0 bridgehead atoms. The summed E-state index contributed by atoms with van der Waals surface area (Å²) in [6.45, 7) is 5.40. The van der Waals surface area contributed by atoms with Crippen molar-refractivity contribution >= 4 is 5.82 Å². The second-order valence-electron chi connectivity index (χ2n) is 5.75. The first kappa shape index (κ1) is 15.0. The summed E-state index contributed by atoms with van der Waals surface area (Å²) in [7, 11) is 4.34. The normalized spacial score (nSPS) is 17.4. The Morgan fingerprint density at radius 3 is 2.60 bits per heavy atom. The lowest BCUT2D eigenvalue weighted by atomic mass is 9.96. The van der Waals surface area contributed by atoms with E-state index in [9.17, 15) is 0 Å². The summed E-state index contributed by atoms with van der Waals surface area (Å²) >= 11 is 0. The average molecular weight is 278 g/mol. The van der Waals surface area contributed by atoms with Gasteiger partial charge in [0.25, 0.3) is 0 Å². The molecule has 2 rings (SSSR count).